The number of aromatic nitrogens is 2. The van der Waals surface area contributed by atoms with E-state index in [2.05, 4.69) is 36.0 Å². The summed E-state index contributed by atoms with van der Waals surface area (Å²) in [5.41, 5.74) is 0. The van der Waals surface area contributed by atoms with Crippen LogP contribution in [-0.4, -0.2) is 46.6 Å². The number of alkyl carbamates (subject to hydrolysis) is 1. The minimum atomic E-state index is -0.656. The highest BCUT2D eigenvalue weighted by Gasteiger charge is 2.33. The second-order valence-electron chi connectivity index (χ2n) is 6.53. The Hall–Kier alpha value is -1.57. The van der Waals surface area contributed by atoms with Crippen molar-refractivity contribution in [1.29, 1.82) is 0 Å². The van der Waals surface area contributed by atoms with Gasteiger partial charge in [0.25, 0.3) is 0 Å². The zero-order valence-corrected chi connectivity index (χ0v) is 16.7. The molecular weight excluding hydrogens is 376 g/mol. The standard InChI is InChI=1S/C16H27BrN4O3/c1-9(2)8-21(11(5)14-18-7-12(17)19-14)15(22)13(10(3)4)20-16(23)24-6/h7,9-11,13H,8H2,1-6H3,(H,18,19)(H,20,23)/t11-,13-/m0/s1. The van der Waals surface area contributed by atoms with Gasteiger partial charge < -0.3 is 19.9 Å². The summed E-state index contributed by atoms with van der Waals surface area (Å²) in [4.78, 5) is 33.8. The Kier molecular flexibility index (Phi) is 7.72. The highest BCUT2D eigenvalue weighted by Crippen LogP contribution is 2.22. The Labute approximate surface area is 151 Å². The fourth-order valence-corrected chi connectivity index (χ4v) is 2.69. The van der Waals surface area contributed by atoms with Gasteiger partial charge in [0.15, 0.2) is 0 Å². The number of H-pyrrole nitrogens is 1. The Morgan fingerprint density at radius 1 is 1.33 bits per heavy atom. The average Bonchev–Trinajstić information content (AvgIpc) is 2.94. The van der Waals surface area contributed by atoms with E-state index in [1.807, 2.05) is 34.6 Å². The van der Waals surface area contributed by atoms with Gasteiger partial charge in [-0.2, -0.15) is 0 Å². The van der Waals surface area contributed by atoms with Crippen LogP contribution >= 0.6 is 15.9 Å². The largest absolute Gasteiger partial charge is 0.453 e. The third-order valence-corrected chi connectivity index (χ3v) is 4.07. The molecule has 2 amide bonds. The molecule has 136 valence electrons. The molecule has 0 bridgehead atoms. The van der Waals surface area contributed by atoms with Crippen molar-refractivity contribution in [3.8, 4) is 0 Å². The van der Waals surface area contributed by atoms with E-state index in [4.69, 9.17) is 0 Å². The molecule has 0 aromatic carbocycles. The maximum Gasteiger partial charge on any atom is 0.407 e. The quantitative estimate of drug-likeness (QED) is 0.733. The zero-order chi connectivity index (χ0) is 18.4. The van der Waals surface area contributed by atoms with Crippen LogP contribution in [0.15, 0.2) is 10.8 Å². The Morgan fingerprint density at radius 3 is 2.38 bits per heavy atom. The van der Waals surface area contributed by atoms with Gasteiger partial charge in [-0.05, 0) is 34.7 Å². The second kappa shape index (κ2) is 9.05. The number of hydrogen-bond donors (Lipinski definition) is 2. The van der Waals surface area contributed by atoms with Gasteiger partial charge in [-0.3, -0.25) is 4.79 Å². The molecule has 1 rings (SSSR count). The monoisotopic (exact) mass is 402 g/mol. The van der Waals surface area contributed by atoms with Crippen LogP contribution in [0.4, 0.5) is 4.79 Å². The number of rotatable bonds is 7. The number of amides is 2. The second-order valence-corrected chi connectivity index (χ2v) is 7.39. The predicted octanol–water partition coefficient (Wildman–Crippen LogP) is 3.10. The SMILES string of the molecule is COC(=O)N[C@H](C(=O)N(CC(C)C)[C@@H](C)c1ncc(Br)[nH]1)C(C)C. The van der Waals surface area contributed by atoms with E-state index in [1.54, 1.807) is 11.1 Å². The lowest BCUT2D eigenvalue weighted by Gasteiger charge is -2.34. The topological polar surface area (TPSA) is 87.3 Å². The van der Waals surface area contributed by atoms with Crippen LogP contribution in [-0.2, 0) is 9.53 Å². The molecule has 24 heavy (non-hydrogen) atoms. The van der Waals surface area contributed by atoms with E-state index in [0.29, 0.717) is 12.4 Å². The van der Waals surface area contributed by atoms with Crippen molar-refractivity contribution in [1.82, 2.24) is 20.2 Å². The van der Waals surface area contributed by atoms with E-state index in [1.165, 1.54) is 7.11 Å². The molecular formula is C16H27BrN4O3. The summed E-state index contributed by atoms with van der Waals surface area (Å²) in [5, 5.41) is 2.64. The number of methoxy groups -OCH3 is 1. The van der Waals surface area contributed by atoms with Gasteiger partial charge in [-0.1, -0.05) is 27.7 Å². The first-order valence-electron chi connectivity index (χ1n) is 8.02. The van der Waals surface area contributed by atoms with Crippen molar-refractivity contribution >= 4 is 27.9 Å². The minimum Gasteiger partial charge on any atom is -0.453 e. The average molecular weight is 403 g/mol. The fraction of sp³-hybridized carbons (Fsp3) is 0.688. The van der Waals surface area contributed by atoms with Crippen LogP contribution in [0.5, 0.6) is 0 Å². The molecule has 1 aromatic heterocycles. The normalized spacial score (nSPS) is 13.7. The summed E-state index contributed by atoms with van der Waals surface area (Å²) >= 11 is 3.34. The number of ether oxygens (including phenoxy) is 1. The molecule has 0 saturated heterocycles. The van der Waals surface area contributed by atoms with E-state index in [9.17, 15) is 9.59 Å². The Morgan fingerprint density at radius 2 is 1.96 bits per heavy atom. The van der Waals surface area contributed by atoms with Gasteiger partial charge in [0.05, 0.1) is 19.3 Å². The number of nitrogens with one attached hydrogen (secondary N) is 2. The third-order valence-electron chi connectivity index (χ3n) is 3.66. The van der Waals surface area contributed by atoms with E-state index in [0.717, 1.165) is 4.60 Å². The Balaban J connectivity index is 3.07. The molecule has 1 aromatic rings. The first-order chi connectivity index (χ1) is 11.2. The molecule has 0 saturated carbocycles. The lowest BCUT2D eigenvalue weighted by atomic mass is 10.0. The molecule has 7 nitrogen and oxygen atoms in total. The smallest absolute Gasteiger partial charge is 0.407 e. The van der Waals surface area contributed by atoms with E-state index < -0.39 is 12.1 Å². The van der Waals surface area contributed by atoms with Crippen LogP contribution < -0.4 is 5.32 Å². The third kappa shape index (κ3) is 5.51. The summed E-state index contributed by atoms with van der Waals surface area (Å²) in [6.45, 7) is 10.3. The lowest BCUT2D eigenvalue weighted by molar-refractivity contribution is -0.137. The molecule has 1 heterocycles. The number of imidazole rings is 1. The Bertz CT molecular complexity index is 559. The van der Waals surface area contributed by atoms with Crippen LogP contribution in [0.3, 0.4) is 0 Å². The van der Waals surface area contributed by atoms with Crippen LogP contribution in [0.25, 0.3) is 0 Å². The molecule has 0 unspecified atom stereocenters. The van der Waals surface area contributed by atoms with Crippen molar-refractivity contribution in [2.45, 2.75) is 46.7 Å². The van der Waals surface area contributed by atoms with Gasteiger partial charge in [-0.15, -0.1) is 0 Å². The summed E-state index contributed by atoms with van der Waals surface area (Å²) in [6.07, 6.45) is 1.05. The van der Waals surface area contributed by atoms with Crippen molar-refractivity contribution in [2.75, 3.05) is 13.7 Å². The summed E-state index contributed by atoms with van der Waals surface area (Å²) in [6, 6.07) is -0.899. The van der Waals surface area contributed by atoms with Crippen molar-refractivity contribution in [2.24, 2.45) is 11.8 Å². The van der Waals surface area contributed by atoms with Crippen molar-refractivity contribution in [3.63, 3.8) is 0 Å². The minimum absolute atomic E-state index is 0.0678. The van der Waals surface area contributed by atoms with Crippen LogP contribution in [0.1, 0.15) is 46.5 Å². The molecule has 8 heteroatoms. The lowest BCUT2D eigenvalue weighted by Crippen LogP contribution is -2.52. The molecule has 2 atom stereocenters. The molecule has 0 aliphatic heterocycles. The maximum atomic E-state index is 13.1. The molecule has 0 radical (unpaired) electrons. The first kappa shape index (κ1) is 20.5. The van der Waals surface area contributed by atoms with Gasteiger partial charge in [0, 0.05) is 6.54 Å². The van der Waals surface area contributed by atoms with Gasteiger partial charge >= 0.3 is 6.09 Å². The molecule has 0 aliphatic carbocycles. The van der Waals surface area contributed by atoms with Crippen LogP contribution in [0.2, 0.25) is 0 Å². The van der Waals surface area contributed by atoms with Crippen molar-refractivity contribution in [3.05, 3.63) is 16.6 Å². The number of nitrogens with zero attached hydrogens (tertiary/aromatic N) is 2. The summed E-state index contributed by atoms with van der Waals surface area (Å²) in [5.74, 6) is 0.753. The van der Waals surface area contributed by atoms with Gasteiger partial charge in [0.1, 0.15) is 16.5 Å². The highest BCUT2D eigenvalue weighted by atomic mass is 79.9. The number of halogens is 1. The molecule has 0 spiro atoms. The highest BCUT2D eigenvalue weighted by molar-refractivity contribution is 9.10. The zero-order valence-electron chi connectivity index (χ0n) is 15.1. The maximum absolute atomic E-state index is 13.1. The predicted molar refractivity (Wildman–Crippen MR) is 95.4 cm³/mol. The number of aromatic amines is 1. The molecule has 0 fully saturated rings. The number of carbonyl (C=O) groups is 2. The van der Waals surface area contributed by atoms with E-state index >= 15 is 0 Å². The number of hydrogen-bond acceptors (Lipinski definition) is 4. The van der Waals surface area contributed by atoms with Gasteiger partial charge in [-0.25, -0.2) is 9.78 Å². The molecule has 2 N–H and O–H groups in total. The summed E-state index contributed by atoms with van der Waals surface area (Å²) < 4.78 is 5.40. The van der Waals surface area contributed by atoms with Crippen molar-refractivity contribution < 1.29 is 14.3 Å². The van der Waals surface area contributed by atoms with Gasteiger partial charge in [0.2, 0.25) is 5.91 Å². The number of carbonyl (C=O) groups excluding carboxylic acids is 2. The summed E-state index contributed by atoms with van der Waals surface area (Å²) in [7, 11) is 1.28. The fourth-order valence-electron chi connectivity index (χ4n) is 2.38. The first-order valence-corrected chi connectivity index (χ1v) is 8.82. The van der Waals surface area contributed by atoms with Crippen LogP contribution in [0, 0.1) is 11.8 Å². The van der Waals surface area contributed by atoms with E-state index in [-0.39, 0.29) is 23.8 Å². The molecule has 0 aliphatic rings.